The zero-order chi connectivity index (χ0) is 11.0. The van der Waals surface area contributed by atoms with E-state index in [2.05, 4.69) is 27.1 Å². The first kappa shape index (κ1) is 10.0. The fourth-order valence-corrected chi connectivity index (χ4v) is 2.77. The molecule has 1 aliphatic rings. The largest absolute Gasteiger partial charge is 0.365 e. The summed E-state index contributed by atoms with van der Waals surface area (Å²) in [5.74, 6) is 0. The number of aromatic nitrogens is 2. The van der Waals surface area contributed by atoms with Gasteiger partial charge in [0.2, 0.25) is 0 Å². The van der Waals surface area contributed by atoms with Gasteiger partial charge in [-0.1, -0.05) is 6.07 Å². The van der Waals surface area contributed by atoms with E-state index in [0.29, 0.717) is 13.2 Å². The highest BCUT2D eigenvalue weighted by atomic mass is 32.1. The van der Waals surface area contributed by atoms with Gasteiger partial charge < -0.3 is 15.0 Å². The average molecular weight is 235 g/mol. The first-order valence-corrected chi connectivity index (χ1v) is 6.14. The predicted molar refractivity (Wildman–Crippen MR) is 62.0 cm³/mol. The van der Waals surface area contributed by atoms with Gasteiger partial charge in [-0.15, -0.1) is 11.3 Å². The van der Waals surface area contributed by atoms with Crippen molar-refractivity contribution in [2.45, 2.75) is 25.8 Å². The minimum absolute atomic E-state index is 0.160. The van der Waals surface area contributed by atoms with Gasteiger partial charge in [-0.05, 0) is 11.4 Å². The first-order valence-electron chi connectivity index (χ1n) is 5.26. The molecule has 0 bridgehead atoms. The summed E-state index contributed by atoms with van der Waals surface area (Å²) in [7, 11) is 0. The summed E-state index contributed by atoms with van der Waals surface area (Å²) in [5, 5.41) is 2.08. The lowest BCUT2D eigenvalue weighted by Gasteiger charge is -2.24. The van der Waals surface area contributed by atoms with Gasteiger partial charge in [0, 0.05) is 11.4 Å². The molecule has 0 fully saturated rings. The van der Waals surface area contributed by atoms with Crippen molar-refractivity contribution in [2.75, 3.05) is 0 Å². The summed E-state index contributed by atoms with van der Waals surface area (Å²) in [5.41, 5.74) is 7.69. The highest BCUT2D eigenvalue weighted by Gasteiger charge is 2.23. The van der Waals surface area contributed by atoms with Gasteiger partial charge in [-0.3, -0.25) is 0 Å². The molecule has 0 aliphatic carbocycles. The predicted octanol–water partition coefficient (Wildman–Crippen LogP) is 1.67. The molecule has 1 aliphatic heterocycles. The minimum Gasteiger partial charge on any atom is -0.365 e. The van der Waals surface area contributed by atoms with E-state index >= 15 is 0 Å². The van der Waals surface area contributed by atoms with Crippen LogP contribution in [0.15, 0.2) is 23.8 Å². The van der Waals surface area contributed by atoms with Gasteiger partial charge in [-0.2, -0.15) is 0 Å². The molecule has 1 atom stereocenters. The first-order chi connectivity index (χ1) is 7.88. The highest BCUT2D eigenvalue weighted by Crippen LogP contribution is 2.30. The van der Waals surface area contributed by atoms with Crippen molar-refractivity contribution in [3.8, 4) is 0 Å². The van der Waals surface area contributed by atoms with Crippen LogP contribution in [0.5, 0.6) is 0 Å². The fourth-order valence-electron chi connectivity index (χ4n) is 2.00. The molecule has 0 aromatic carbocycles. The molecule has 5 heteroatoms. The van der Waals surface area contributed by atoms with Crippen molar-refractivity contribution in [1.29, 1.82) is 0 Å². The Balaban J connectivity index is 1.87. The van der Waals surface area contributed by atoms with Crippen molar-refractivity contribution in [3.05, 3.63) is 40.1 Å². The van der Waals surface area contributed by atoms with Gasteiger partial charge >= 0.3 is 0 Å². The maximum atomic E-state index is 5.84. The number of nitrogens with two attached hydrogens (primary N) is 1. The summed E-state index contributed by atoms with van der Waals surface area (Å²) < 4.78 is 7.99. The van der Waals surface area contributed by atoms with Gasteiger partial charge in [0.15, 0.2) is 0 Å². The summed E-state index contributed by atoms with van der Waals surface area (Å²) in [6.45, 7) is 1.92. The lowest BCUT2D eigenvalue weighted by atomic mass is 10.2. The Labute approximate surface area is 97.7 Å². The molecule has 3 heterocycles. The molecular weight excluding hydrogens is 222 g/mol. The lowest BCUT2D eigenvalue weighted by Crippen LogP contribution is -2.20. The smallest absolute Gasteiger partial charge is 0.110 e. The topological polar surface area (TPSA) is 53.1 Å². The van der Waals surface area contributed by atoms with Crippen LogP contribution in [0.3, 0.4) is 0 Å². The molecule has 16 heavy (non-hydrogen) atoms. The van der Waals surface area contributed by atoms with Gasteiger partial charge in [0.05, 0.1) is 30.9 Å². The molecule has 3 rings (SSSR count). The molecule has 0 saturated carbocycles. The van der Waals surface area contributed by atoms with E-state index in [-0.39, 0.29) is 6.10 Å². The molecule has 2 aromatic heterocycles. The average Bonchev–Trinajstić information content (AvgIpc) is 2.97. The van der Waals surface area contributed by atoms with Crippen LogP contribution in [0.4, 0.5) is 0 Å². The van der Waals surface area contributed by atoms with Gasteiger partial charge in [0.25, 0.3) is 0 Å². The Bertz CT molecular complexity index is 477. The molecule has 84 valence electrons. The number of thiophene rings is 1. The van der Waals surface area contributed by atoms with Gasteiger partial charge in [-0.25, -0.2) is 4.98 Å². The second-order valence-electron chi connectivity index (χ2n) is 3.81. The van der Waals surface area contributed by atoms with Crippen LogP contribution in [-0.2, 0) is 24.4 Å². The molecule has 0 unspecified atom stereocenters. The van der Waals surface area contributed by atoms with Crippen LogP contribution >= 0.6 is 11.3 Å². The molecule has 4 nitrogen and oxygen atoms in total. The third-order valence-electron chi connectivity index (χ3n) is 2.87. The third-order valence-corrected chi connectivity index (χ3v) is 3.83. The van der Waals surface area contributed by atoms with E-state index < -0.39 is 0 Å². The number of rotatable bonds is 2. The van der Waals surface area contributed by atoms with E-state index in [0.717, 1.165) is 17.9 Å². The third kappa shape index (κ3) is 1.57. The van der Waals surface area contributed by atoms with E-state index in [4.69, 9.17) is 10.5 Å². The number of fused-ring (bicyclic) bond motifs is 1. The molecule has 0 radical (unpaired) electrons. The standard InChI is InChI=1S/C11H13N3OS/c12-4-8-9-6-15-10(5-14(9)7-13-8)11-2-1-3-16-11/h1-3,7,10H,4-6,12H2/t10-/m1/s1. The van der Waals surface area contributed by atoms with Crippen molar-refractivity contribution >= 4 is 11.3 Å². The molecule has 0 saturated heterocycles. The highest BCUT2D eigenvalue weighted by molar-refractivity contribution is 7.10. The maximum Gasteiger partial charge on any atom is 0.110 e. The van der Waals surface area contributed by atoms with Crippen LogP contribution in [-0.4, -0.2) is 9.55 Å². The maximum absolute atomic E-state index is 5.84. The van der Waals surface area contributed by atoms with E-state index in [1.54, 1.807) is 11.3 Å². The van der Waals surface area contributed by atoms with Crippen LogP contribution in [0.1, 0.15) is 22.4 Å². The molecule has 0 amide bonds. The Kier molecular flexibility index (Phi) is 2.51. The van der Waals surface area contributed by atoms with Crippen molar-refractivity contribution in [2.24, 2.45) is 5.73 Å². The summed E-state index contributed by atoms with van der Waals surface area (Å²) in [6.07, 6.45) is 2.02. The van der Waals surface area contributed by atoms with E-state index in [1.165, 1.54) is 4.88 Å². The summed E-state index contributed by atoms with van der Waals surface area (Å²) in [4.78, 5) is 5.57. The Morgan fingerprint density at radius 3 is 3.31 bits per heavy atom. The zero-order valence-electron chi connectivity index (χ0n) is 8.80. The quantitative estimate of drug-likeness (QED) is 0.861. The normalized spacial score (nSPS) is 19.7. The van der Waals surface area contributed by atoms with E-state index in [1.807, 2.05) is 6.33 Å². The Hall–Kier alpha value is -1.17. The fraction of sp³-hybridized carbons (Fsp3) is 0.364. The van der Waals surface area contributed by atoms with Crippen molar-refractivity contribution < 1.29 is 4.74 Å². The summed E-state index contributed by atoms with van der Waals surface area (Å²) >= 11 is 1.73. The second kappa shape index (κ2) is 4.01. The van der Waals surface area contributed by atoms with E-state index in [9.17, 15) is 0 Å². The summed E-state index contributed by atoms with van der Waals surface area (Å²) in [6, 6.07) is 4.17. The Morgan fingerprint density at radius 1 is 1.62 bits per heavy atom. The monoisotopic (exact) mass is 235 g/mol. The minimum atomic E-state index is 0.160. The number of hydrogen-bond acceptors (Lipinski definition) is 4. The van der Waals surface area contributed by atoms with Crippen molar-refractivity contribution in [3.63, 3.8) is 0 Å². The molecule has 0 spiro atoms. The number of nitrogens with zero attached hydrogens (tertiary/aromatic N) is 2. The molecule has 2 N–H and O–H groups in total. The van der Waals surface area contributed by atoms with Crippen LogP contribution in [0.25, 0.3) is 0 Å². The number of imidazole rings is 1. The van der Waals surface area contributed by atoms with Crippen LogP contribution in [0, 0.1) is 0 Å². The van der Waals surface area contributed by atoms with Gasteiger partial charge in [0.1, 0.15) is 6.10 Å². The Morgan fingerprint density at radius 2 is 2.56 bits per heavy atom. The van der Waals surface area contributed by atoms with Crippen LogP contribution < -0.4 is 5.73 Å². The zero-order valence-corrected chi connectivity index (χ0v) is 9.61. The molecule has 2 aromatic rings. The van der Waals surface area contributed by atoms with Crippen LogP contribution in [0.2, 0.25) is 0 Å². The molecular formula is C11H13N3OS. The lowest BCUT2D eigenvalue weighted by molar-refractivity contribution is 0.00477. The SMILES string of the molecule is NCc1ncn2c1CO[C@@H](c1cccs1)C2. The number of ether oxygens (including phenoxy) is 1. The van der Waals surface area contributed by atoms with Crippen molar-refractivity contribution in [1.82, 2.24) is 9.55 Å². The second-order valence-corrected chi connectivity index (χ2v) is 4.79. The number of hydrogen-bond donors (Lipinski definition) is 1.